The van der Waals surface area contributed by atoms with Crippen molar-refractivity contribution in [1.82, 2.24) is 0 Å². The molecule has 0 heterocycles. The number of rotatable bonds is 5. The highest BCUT2D eigenvalue weighted by atomic mass is 16.5. The van der Waals surface area contributed by atoms with Crippen molar-refractivity contribution in [2.24, 2.45) is 5.92 Å². The van der Waals surface area contributed by atoms with Crippen molar-refractivity contribution in [2.75, 3.05) is 14.2 Å². The Balaban J connectivity index is 1.77. The molecule has 2 aliphatic carbocycles. The molecule has 2 aromatic carbocycles. The largest absolute Gasteiger partial charge is 0.492 e. The number of benzene rings is 2. The minimum Gasteiger partial charge on any atom is -0.492 e. The summed E-state index contributed by atoms with van der Waals surface area (Å²) < 4.78 is 10.6. The molecule has 0 spiro atoms. The molecular formula is C25H20O6. The van der Waals surface area contributed by atoms with E-state index in [2.05, 4.69) is 0 Å². The molecule has 1 unspecified atom stereocenters. The van der Waals surface area contributed by atoms with Gasteiger partial charge in [0.2, 0.25) is 11.6 Å². The summed E-state index contributed by atoms with van der Waals surface area (Å²) in [6, 6.07) is 13.1. The summed E-state index contributed by atoms with van der Waals surface area (Å²) >= 11 is 0. The molecule has 0 aromatic heterocycles. The number of carbonyl (C=O) groups excluding carboxylic acids is 4. The lowest BCUT2D eigenvalue weighted by atomic mass is 9.78. The predicted molar refractivity (Wildman–Crippen MR) is 112 cm³/mol. The minimum atomic E-state index is -0.568. The van der Waals surface area contributed by atoms with Gasteiger partial charge in [-0.25, -0.2) is 0 Å². The van der Waals surface area contributed by atoms with E-state index in [0.717, 1.165) is 0 Å². The maximum atomic E-state index is 13.2. The first-order valence-electron chi connectivity index (χ1n) is 9.82. The van der Waals surface area contributed by atoms with Crippen molar-refractivity contribution in [3.8, 4) is 0 Å². The number of carbonyl (C=O) groups is 4. The molecule has 4 rings (SSSR count). The summed E-state index contributed by atoms with van der Waals surface area (Å²) in [7, 11) is 2.68. The van der Waals surface area contributed by atoms with Crippen molar-refractivity contribution < 1.29 is 28.7 Å². The van der Waals surface area contributed by atoms with Gasteiger partial charge in [0.1, 0.15) is 0 Å². The average Bonchev–Trinajstić information content (AvgIpc) is 2.79. The number of fused-ring (bicyclic) bond motifs is 2. The van der Waals surface area contributed by atoms with Crippen molar-refractivity contribution in [3.05, 3.63) is 93.4 Å². The van der Waals surface area contributed by atoms with Gasteiger partial charge in [-0.1, -0.05) is 55.5 Å². The molecule has 0 fully saturated rings. The summed E-state index contributed by atoms with van der Waals surface area (Å²) in [5.41, 5.74) is 1.54. The van der Waals surface area contributed by atoms with Crippen LogP contribution in [0.3, 0.4) is 0 Å². The van der Waals surface area contributed by atoms with Gasteiger partial charge in [0.05, 0.1) is 14.2 Å². The quantitative estimate of drug-likeness (QED) is 0.733. The van der Waals surface area contributed by atoms with Crippen molar-refractivity contribution in [3.63, 3.8) is 0 Å². The summed E-state index contributed by atoms with van der Waals surface area (Å²) in [4.78, 5) is 52.2. The van der Waals surface area contributed by atoms with Crippen molar-refractivity contribution in [1.29, 1.82) is 0 Å². The molecule has 0 radical (unpaired) electrons. The summed E-state index contributed by atoms with van der Waals surface area (Å²) in [6.45, 7) is 1.73. The van der Waals surface area contributed by atoms with Gasteiger partial charge >= 0.3 is 0 Å². The smallest absolute Gasteiger partial charge is 0.228 e. The van der Waals surface area contributed by atoms with Crippen LogP contribution < -0.4 is 0 Å². The van der Waals surface area contributed by atoms with Crippen LogP contribution in [0.25, 0.3) is 0 Å². The molecule has 2 aliphatic rings. The monoisotopic (exact) mass is 416 g/mol. The highest BCUT2D eigenvalue weighted by Crippen LogP contribution is 2.36. The second-order valence-corrected chi connectivity index (χ2v) is 7.47. The fraction of sp³-hybridized carbons (Fsp3) is 0.200. The first-order valence-corrected chi connectivity index (χ1v) is 9.82. The normalized spacial score (nSPS) is 16.9. The third kappa shape index (κ3) is 3.11. The number of ether oxygens (including phenoxy) is 2. The Bertz CT molecular complexity index is 1210. The molecule has 6 heteroatoms. The number of hydrogen-bond donors (Lipinski definition) is 0. The second kappa shape index (κ2) is 7.80. The molecule has 0 N–H and O–H groups in total. The standard InChI is InChI=1S/C25H20O6/c1-13(19-21(27)15-9-5-7-11-17(15)23(29)25(19)31-3)12-18-20(26)14-8-4-6-10-16(14)22(28)24(18)30-2/h4-11,13H,12H2,1-3H3. The van der Waals surface area contributed by atoms with Gasteiger partial charge in [0.25, 0.3) is 0 Å². The number of allylic oxidation sites excluding steroid dienone is 4. The van der Waals surface area contributed by atoms with Crippen LogP contribution >= 0.6 is 0 Å². The third-order valence-corrected chi connectivity index (χ3v) is 5.69. The van der Waals surface area contributed by atoms with Gasteiger partial charge in [-0.3, -0.25) is 19.2 Å². The highest BCUT2D eigenvalue weighted by Gasteiger charge is 2.39. The van der Waals surface area contributed by atoms with Gasteiger partial charge < -0.3 is 9.47 Å². The topological polar surface area (TPSA) is 86.7 Å². The lowest BCUT2D eigenvalue weighted by Gasteiger charge is -2.26. The van der Waals surface area contributed by atoms with Gasteiger partial charge in [-0.2, -0.15) is 0 Å². The van der Waals surface area contributed by atoms with Crippen LogP contribution in [0.2, 0.25) is 0 Å². The Morgan fingerprint density at radius 3 is 1.55 bits per heavy atom. The Kier molecular flexibility index (Phi) is 5.15. The molecule has 0 saturated heterocycles. The predicted octanol–water partition coefficient (Wildman–Crippen LogP) is 3.97. The third-order valence-electron chi connectivity index (χ3n) is 5.69. The van der Waals surface area contributed by atoms with E-state index in [1.54, 1.807) is 55.5 Å². The molecular weight excluding hydrogens is 396 g/mol. The Hall–Kier alpha value is -3.80. The molecule has 6 nitrogen and oxygen atoms in total. The molecule has 0 amide bonds. The highest BCUT2D eigenvalue weighted by molar-refractivity contribution is 6.27. The number of methoxy groups -OCH3 is 2. The van der Waals surface area contributed by atoms with Crippen LogP contribution in [-0.4, -0.2) is 37.4 Å². The zero-order valence-corrected chi connectivity index (χ0v) is 17.4. The van der Waals surface area contributed by atoms with Crippen molar-refractivity contribution in [2.45, 2.75) is 13.3 Å². The van der Waals surface area contributed by atoms with E-state index in [4.69, 9.17) is 9.47 Å². The molecule has 156 valence electrons. The SMILES string of the molecule is COC1=C(CC(C)C2=C(OC)C(=O)c3ccccc3C2=O)C(=O)c2ccccc2C1=O. The van der Waals surface area contributed by atoms with Gasteiger partial charge in [0, 0.05) is 33.4 Å². The van der Waals surface area contributed by atoms with E-state index in [9.17, 15) is 19.2 Å². The fourth-order valence-corrected chi connectivity index (χ4v) is 4.24. The van der Waals surface area contributed by atoms with E-state index >= 15 is 0 Å². The van der Waals surface area contributed by atoms with E-state index in [1.165, 1.54) is 14.2 Å². The lowest BCUT2D eigenvalue weighted by Crippen LogP contribution is -2.28. The zero-order chi connectivity index (χ0) is 22.3. The Morgan fingerprint density at radius 2 is 1.06 bits per heavy atom. The van der Waals surface area contributed by atoms with E-state index in [1.807, 2.05) is 0 Å². The van der Waals surface area contributed by atoms with Crippen molar-refractivity contribution >= 4 is 23.1 Å². The van der Waals surface area contributed by atoms with Crippen LogP contribution in [0.5, 0.6) is 0 Å². The van der Waals surface area contributed by atoms with Crippen LogP contribution in [0.15, 0.2) is 71.2 Å². The molecule has 31 heavy (non-hydrogen) atoms. The molecule has 0 bridgehead atoms. The average molecular weight is 416 g/mol. The minimum absolute atomic E-state index is 0.0363. The summed E-state index contributed by atoms with van der Waals surface area (Å²) in [6.07, 6.45) is 0.0471. The van der Waals surface area contributed by atoms with E-state index < -0.39 is 5.92 Å². The molecule has 0 aliphatic heterocycles. The Labute approximate surface area is 179 Å². The van der Waals surface area contributed by atoms with Gasteiger partial charge in [0.15, 0.2) is 23.1 Å². The Morgan fingerprint density at radius 1 is 0.645 bits per heavy atom. The van der Waals surface area contributed by atoms with Gasteiger partial charge in [-0.15, -0.1) is 0 Å². The van der Waals surface area contributed by atoms with Crippen LogP contribution in [0, 0.1) is 5.92 Å². The van der Waals surface area contributed by atoms with Gasteiger partial charge in [-0.05, 0) is 12.3 Å². The first kappa shape index (κ1) is 20.5. The first-order chi connectivity index (χ1) is 14.9. The lowest BCUT2D eigenvalue weighted by molar-refractivity contribution is 0.0888. The maximum Gasteiger partial charge on any atom is 0.228 e. The summed E-state index contributed by atoms with van der Waals surface area (Å²) in [5.74, 6) is -2.05. The summed E-state index contributed by atoms with van der Waals surface area (Å²) in [5, 5.41) is 0. The maximum absolute atomic E-state index is 13.2. The number of ketones is 4. The van der Waals surface area contributed by atoms with Crippen LogP contribution in [0.1, 0.15) is 54.8 Å². The van der Waals surface area contributed by atoms with E-state index in [-0.39, 0.29) is 63.3 Å². The number of hydrogen-bond acceptors (Lipinski definition) is 6. The van der Waals surface area contributed by atoms with Crippen LogP contribution in [0.4, 0.5) is 0 Å². The number of Topliss-reactive ketones (excluding diaryl/α,β-unsaturated/α-hetero) is 4. The molecule has 0 saturated carbocycles. The molecule has 1 atom stereocenters. The molecule has 2 aromatic rings. The zero-order valence-electron chi connectivity index (χ0n) is 17.4. The van der Waals surface area contributed by atoms with E-state index in [0.29, 0.717) is 11.1 Å². The fourth-order valence-electron chi connectivity index (χ4n) is 4.24. The second-order valence-electron chi connectivity index (χ2n) is 7.47. The van der Waals surface area contributed by atoms with Crippen LogP contribution in [-0.2, 0) is 9.47 Å².